The number of hydrogen-bond donors (Lipinski definition) is 2. The molecule has 0 aromatic heterocycles. The van der Waals surface area contributed by atoms with E-state index in [1.807, 2.05) is 11.9 Å². The minimum atomic E-state index is -0.907. The number of ether oxygens (including phenoxy) is 1. The highest BCUT2D eigenvalue weighted by atomic mass is 16.6. The van der Waals surface area contributed by atoms with E-state index < -0.39 is 35.1 Å². The molecular formula is C17H29N5O5. The Balaban J connectivity index is 2.10. The number of β-lactam (4-membered cyclic amide) rings is 1. The number of nitrogens with zero attached hydrogens (tertiary/aromatic N) is 3. The van der Waals surface area contributed by atoms with Crippen LogP contribution in [0.15, 0.2) is 0 Å². The molecule has 2 heterocycles. The van der Waals surface area contributed by atoms with Crippen molar-refractivity contribution < 1.29 is 23.9 Å². The quantitative estimate of drug-likeness (QED) is 0.576. The number of likely N-dealkylation sites (N-methyl/N-ethyl adjacent to an activating group) is 1. The lowest BCUT2D eigenvalue weighted by Gasteiger charge is -2.58. The molecule has 2 aliphatic heterocycles. The van der Waals surface area contributed by atoms with Gasteiger partial charge in [0.25, 0.3) is 0 Å². The van der Waals surface area contributed by atoms with Crippen molar-refractivity contribution in [3.8, 4) is 0 Å². The lowest BCUT2D eigenvalue weighted by molar-refractivity contribution is -0.176. The average molecular weight is 383 g/mol. The van der Waals surface area contributed by atoms with E-state index in [-0.39, 0.29) is 31.8 Å². The maximum atomic E-state index is 13.0. The first-order chi connectivity index (χ1) is 12.4. The van der Waals surface area contributed by atoms with Gasteiger partial charge in [-0.15, -0.1) is 0 Å². The Kier molecular flexibility index (Phi) is 5.69. The zero-order valence-electron chi connectivity index (χ0n) is 16.4. The van der Waals surface area contributed by atoms with E-state index in [0.29, 0.717) is 13.1 Å². The summed E-state index contributed by atoms with van der Waals surface area (Å²) in [5.74, 6) is -1.52. The van der Waals surface area contributed by atoms with Gasteiger partial charge in [-0.05, 0) is 34.2 Å². The van der Waals surface area contributed by atoms with Crippen molar-refractivity contribution in [2.24, 2.45) is 11.5 Å². The second-order valence-electron chi connectivity index (χ2n) is 8.21. The SMILES string of the molecule is CN1CCN(C(=O)OC(C)(C)C)CC12CN([C@@H](CCC(N)=O)C(N)=O)C2=O. The maximum absolute atomic E-state index is 13.0. The Morgan fingerprint density at radius 3 is 2.30 bits per heavy atom. The summed E-state index contributed by atoms with van der Waals surface area (Å²) in [5, 5.41) is 0. The first-order valence-corrected chi connectivity index (χ1v) is 8.95. The number of amides is 4. The van der Waals surface area contributed by atoms with Crippen molar-refractivity contribution >= 4 is 23.8 Å². The molecule has 10 heteroatoms. The first kappa shape index (κ1) is 20.9. The molecule has 4 N–H and O–H groups in total. The molecule has 2 rings (SSSR count). The Labute approximate surface area is 158 Å². The summed E-state index contributed by atoms with van der Waals surface area (Å²) >= 11 is 0. The Morgan fingerprint density at radius 1 is 1.19 bits per heavy atom. The van der Waals surface area contributed by atoms with E-state index in [9.17, 15) is 19.2 Å². The molecule has 27 heavy (non-hydrogen) atoms. The van der Waals surface area contributed by atoms with Gasteiger partial charge in [0.15, 0.2) is 0 Å². The van der Waals surface area contributed by atoms with E-state index in [1.54, 1.807) is 20.8 Å². The lowest BCUT2D eigenvalue weighted by atomic mass is 9.82. The van der Waals surface area contributed by atoms with Crippen LogP contribution in [0, 0.1) is 0 Å². The van der Waals surface area contributed by atoms with Crippen molar-refractivity contribution in [3.05, 3.63) is 0 Å². The van der Waals surface area contributed by atoms with Crippen LogP contribution >= 0.6 is 0 Å². The number of hydrogen-bond acceptors (Lipinski definition) is 6. The van der Waals surface area contributed by atoms with E-state index in [1.165, 1.54) is 9.80 Å². The summed E-state index contributed by atoms with van der Waals surface area (Å²) in [7, 11) is 1.81. The third-order valence-electron chi connectivity index (χ3n) is 5.00. The summed E-state index contributed by atoms with van der Waals surface area (Å²) < 4.78 is 5.41. The second kappa shape index (κ2) is 7.34. The van der Waals surface area contributed by atoms with Gasteiger partial charge in [-0.3, -0.25) is 19.3 Å². The van der Waals surface area contributed by atoms with Crippen molar-refractivity contribution in [1.82, 2.24) is 14.7 Å². The molecule has 4 amide bonds. The third-order valence-corrected chi connectivity index (χ3v) is 5.00. The molecule has 0 bridgehead atoms. The number of carbonyl (C=O) groups excluding carboxylic acids is 4. The normalized spacial score (nSPS) is 24.5. The molecular weight excluding hydrogens is 354 g/mol. The molecule has 0 aromatic rings. The highest BCUT2D eigenvalue weighted by Gasteiger charge is 2.60. The number of rotatable bonds is 5. The van der Waals surface area contributed by atoms with Gasteiger partial charge in [0.05, 0.1) is 13.1 Å². The minimum absolute atomic E-state index is 0.0374. The number of piperazine rings is 1. The number of likely N-dealkylation sites (tertiary alicyclic amines) is 1. The molecule has 10 nitrogen and oxygen atoms in total. The Bertz CT molecular complexity index is 646. The largest absolute Gasteiger partial charge is 0.444 e. The molecule has 0 radical (unpaired) electrons. The summed E-state index contributed by atoms with van der Waals surface area (Å²) in [4.78, 5) is 52.9. The molecule has 152 valence electrons. The third kappa shape index (κ3) is 4.32. The molecule has 1 spiro atoms. The van der Waals surface area contributed by atoms with Crippen LogP contribution in [-0.4, -0.2) is 88.9 Å². The fourth-order valence-electron chi connectivity index (χ4n) is 3.46. The highest BCUT2D eigenvalue weighted by Crippen LogP contribution is 2.35. The predicted molar refractivity (Wildman–Crippen MR) is 96.3 cm³/mol. The topological polar surface area (TPSA) is 139 Å². The van der Waals surface area contributed by atoms with Gasteiger partial charge in [-0.25, -0.2) is 4.79 Å². The zero-order valence-corrected chi connectivity index (χ0v) is 16.4. The van der Waals surface area contributed by atoms with Gasteiger partial charge in [-0.1, -0.05) is 0 Å². The number of nitrogens with two attached hydrogens (primary N) is 2. The summed E-state index contributed by atoms with van der Waals surface area (Å²) in [6.45, 7) is 6.71. The van der Waals surface area contributed by atoms with Crippen LogP contribution in [-0.2, 0) is 19.1 Å². The van der Waals surface area contributed by atoms with Crippen LogP contribution in [0.3, 0.4) is 0 Å². The van der Waals surface area contributed by atoms with Gasteiger partial charge in [-0.2, -0.15) is 0 Å². The molecule has 0 saturated carbocycles. The van der Waals surface area contributed by atoms with Crippen molar-refractivity contribution in [1.29, 1.82) is 0 Å². The standard InChI is InChI=1S/C17H29N5O5/c1-16(2,3)27-15(26)21-8-7-20(4)17(9-21)10-22(14(17)25)11(13(19)24)5-6-12(18)23/h11H,5-10H2,1-4H3,(H2,18,23)(H2,19,24)/t11-,17?/m0/s1. The lowest BCUT2D eigenvalue weighted by Crippen LogP contribution is -2.81. The van der Waals surface area contributed by atoms with E-state index >= 15 is 0 Å². The van der Waals surface area contributed by atoms with Gasteiger partial charge in [0.2, 0.25) is 17.7 Å². The van der Waals surface area contributed by atoms with E-state index in [0.717, 1.165) is 0 Å². The highest BCUT2D eigenvalue weighted by molar-refractivity contribution is 5.97. The minimum Gasteiger partial charge on any atom is -0.444 e. The van der Waals surface area contributed by atoms with Crippen LogP contribution in [0.1, 0.15) is 33.6 Å². The zero-order chi connectivity index (χ0) is 20.6. The van der Waals surface area contributed by atoms with Crippen LogP contribution in [0.25, 0.3) is 0 Å². The van der Waals surface area contributed by atoms with Gasteiger partial charge in [0.1, 0.15) is 17.2 Å². The fourth-order valence-corrected chi connectivity index (χ4v) is 3.46. The molecule has 2 fully saturated rings. The molecule has 2 atom stereocenters. The Hall–Kier alpha value is -2.36. The van der Waals surface area contributed by atoms with E-state index in [4.69, 9.17) is 16.2 Å². The van der Waals surface area contributed by atoms with Crippen molar-refractivity contribution in [2.45, 2.75) is 50.8 Å². The molecule has 1 unspecified atom stereocenters. The molecule has 0 aromatic carbocycles. The van der Waals surface area contributed by atoms with Crippen LogP contribution < -0.4 is 11.5 Å². The van der Waals surface area contributed by atoms with Crippen LogP contribution in [0.4, 0.5) is 4.79 Å². The molecule has 0 aliphatic carbocycles. The van der Waals surface area contributed by atoms with Gasteiger partial charge >= 0.3 is 6.09 Å². The van der Waals surface area contributed by atoms with Gasteiger partial charge in [0, 0.05) is 19.5 Å². The van der Waals surface area contributed by atoms with E-state index in [2.05, 4.69) is 0 Å². The van der Waals surface area contributed by atoms with Crippen molar-refractivity contribution in [2.75, 3.05) is 33.2 Å². The Morgan fingerprint density at radius 2 is 1.81 bits per heavy atom. The number of primary amides is 2. The summed E-state index contributed by atoms with van der Waals surface area (Å²) in [6, 6.07) is -0.888. The van der Waals surface area contributed by atoms with Gasteiger partial charge < -0.3 is 26.0 Å². The summed E-state index contributed by atoms with van der Waals surface area (Å²) in [5.41, 5.74) is 9.01. The number of carbonyl (C=O) groups is 4. The van der Waals surface area contributed by atoms with Crippen LogP contribution in [0.5, 0.6) is 0 Å². The fraction of sp³-hybridized carbons (Fsp3) is 0.765. The summed E-state index contributed by atoms with van der Waals surface area (Å²) in [6.07, 6.45) is -0.419. The molecule has 2 saturated heterocycles. The second-order valence-corrected chi connectivity index (χ2v) is 8.21. The van der Waals surface area contributed by atoms with Crippen LogP contribution in [0.2, 0.25) is 0 Å². The maximum Gasteiger partial charge on any atom is 0.410 e. The average Bonchev–Trinajstić information content (AvgIpc) is 2.53. The molecule has 2 aliphatic rings. The predicted octanol–water partition coefficient (Wildman–Crippen LogP) is -1.13. The monoisotopic (exact) mass is 383 g/mol. The van der Waals surface area contributed by atoms with Crippen molar-refractivity contribution in [3.63, 3.8) is 0 Å². The smallest absolute Gasteiger partial charge is 0.410 e. The first-order valence-electron chi connectivity index (χ1n) is 8.95.